The fraction of sp³-hybridized carbons (Fsp3) is 0.200. The third-order valence-corrected chi connectivity index (χ3v) is 4.20. The van der Waals surface area contributed by atoms with Gasteiger partial charge in [0.2, 0.25) is 5.91 Å². The Labute approximate surface area is 155 Å². The van der Waals surface area contributed by atoms with Gasteiger partial charge in [0.15, 0.2) is 0 Å². The van der Waals surface area contributed by atoms with Gasteiger partial charge in [0.1, 0.15) is 11.4 Å². The van der Waals surface area contributed by atoms with Gasteiger partial charge in [-0.2, -0.15) is 5.10 Å². The van der Waals surface area contributed by atoms with Crippen LogP contribution >= 0.6 is 0 Å². The van der Waals surface area contributed by atoms with Gasteiger partial charge in [0.05, 0.1) is 5.69 Å². The Balaban J connectivity index is 1.86. The molecule has 0 atom stereocenters. The minimum atomic E-state index is -1.21. The lowest BCUT2D eigenvalue weighted by molar-refractivity contribution is -0.129. The molecule has 0 saturated heterocycles. The van der Waals surface area contributed by atoms with Gasteiger partial charge >= 0.3 is 0 Å². The van der Waals surface area contributed by atoms with Crippen molar-refractivity contribution in [1.29, 1.82) is 0 Å². The number of hydrogen-bond acceptors (Lipinski definition) is 4. The van der Waals surface area contributed by atoms with E-state index in [1.54, 1.807) is 50.5 Å². The van der Waals surface area contributed by atoms with Crippen LogP contribution in [0.1, 0.15) is 19.4 Å². The van der Waals surface area contributed by atoms with E-state index in [4.69, 9.17) is 0 Å². The summed E-state index contributed by atoms with van der Waals surface area (Å²) in [5.74, 6) is -0.709. The lowest BCUT2D eigenvalue weighted by atomic mass is 10.0. The van der Waals surface area contributed by atoms with Crippen molar-refractivity contribution in [2.75, 3.05) is 0 Å². The molecule has 6 nitrogen and oxygen atoms in total. The van der Waals surface area contributed by atoms with Gasteiger partial charge in [-0.3, -0.25) is 14.6 Å². The second kappa shape index (κ2) is 7.49. The van der Waals surface area contributed by atoms with Crippen molar-refractivity contribution >= 4 is 5.91 Å². The first-order valence-electron chi connectivity index (χ1n) is 8.42. The van der Waals surface area contributed by atoms with E-state index in [1.165, 1.54) is 18.2 Å². The van der Waals surface area contributed by atoms with Gasteiger partial charge in [0.25, 0.3) is 5.56 Å². The predicted molar refractivity (Wildman–Crippen MR) is 99.3 cm³/mol. The van der Waals surface area contributed by atoms with E-state index in [0.29, 0.717) is 17.8 Å². The second-order valence-electron chi connectivity index (χ2n) is 6.58. The molecule has 7 heteroatoms. The second-order valence-corrected chi connectivity index (χ2v) is 6.58. The molecular formula is C20H19FN4O2. The molecule has 0 aliphatic carbocycles. The van der Waals surface area contributed by atoms with Gasteiger partial charge in [-0.25, -0.2) is 9.07 Å². The van der Waals surface area contributed by atoms with Crippen molar-refractivity contribution in [2.45, 2.75) is 25.9 Å². The van der Waals surface area contributed by atoms with Gasteiger partial charge in [-0.1, -0.05) is 6.07 Å². The minimum absolute atomic E-state index is 0.294. The highest BCUT2D eigenvalue weighted by molar-refractivity contribution is 5.83. The van der Waals surface area contributed by atoms with Crippen LogP contribution in [0, 0.1) is 5.82 Å². The lowest BCUT2D eigenvalue weighted by Crippen LogP contribution is -2.49. The molecular weight excluding hydrogens is 347 g/mol. The molecule has 0 aliphatic heterocycles. The molecule has 0 aliphatic rings. The van der Waals surface area contributed by atoms with Gasteiger partial charge < -0.3 is 5.32 Å². The first kappa shape index (κ1) is 18.4. The summed E-state index contributed by atoms with van der Waals surface area (Å²) in [4.78, 5) is 29.0. The Kier molecular flexibility index (Phi) is 5.12. The summed E-state index contributed by atoms with van der Waals surface area (Å²) in [6.07, 6.45) is 3.31. The monoisotopic (exact) mass is 366 g/mol. The van der Waals surface area contributed by atoms with E-state index in [2.05, 4.69) is 15.4 Å². The third kappa shape index (κ3) is 4.08. The number of nitrogens with one attached hydrogen (secondary N) is 1. The van der Waals surface area contributed by atoms with Crippen LogP contribution in [0.15, 0.2) is 65.7 Å². The van der Waals surface area contributed by atoms with Gasteiger partial charge in [-0.15, -0.1) is 0 Å². The molecule has 3 rings (SSSR count). The van der Waals surface area contributed by atoms with Crippen LogP contribution in [0.25, 0.3) is 11.3 Å². The van der Waals surface area contributed by atoms with Crippen molar-refractivity contribution in [3.63, 3.8) is 0 Å². The summed E-state index contributed by atoms with van der Waals surface area (Å²) >= 11 is 0. The molecule has 1 amide bonds. The van der Waals surface area contributed by atoms with Crippen LogP contribution in [0.2, 0.25) is 0 Å². The quantitative estimate of drug-likeness (QED) is 0.753. The summed E-state index contributed by atoms with van der Waals surface area (Å²) in [5, 5.41) is 7.13. The van der Waals surface area contributed by atoms with Crippen LogP contribution in [0.3, 0.4) is 0 Å². The number of hydrogen-bond donors (Lipinski definition) is 1. The van der Waals surface area contributed by atoms with Crippen LogP contribution in [-0.2, 0) is 16.9 Å². The highest BCUT2D eigenvalue weighted by Gasteiger charge is 2.32. The summed E-state index contributed by atoms with van der Waals surface area (Å²) in [5.41, 5.74) is 0.360. The summed E-state index contributed by atoms with van der Waals surface area (Å²) in [6.45, 7) is 3.53. The van der Waals surface area contributed by atoms with Crippen LogP contribution in [0.5, 0.6) is 0 Å². The Hall–Kier alpha value is -3.35. The molecule has 0 bridgehead atoms. The number of amides is 1. The molecule has 27 heavy (non-hydrogen) atoms. The van der Waals surface area contributed by atoms with Crippen LogP contribution in [0.4, 0.5) is 4.39 Å². The molecule has 1 aromatic carbocycles. The van der Waals surface area contributed by atoms with E-state index in [0.717, 1.165) is 10.2 Å². The van der Waals surface area contributed by atoms with Gasteiger partial charge in [-0.05, 0) is 55.8 Å². The Morgan fingerprint density at radius 1 is 1.15 bits per heavy atom. The standard InChI is InChI=1S/C20H19FN4O2/c1-20(2,19(27)23-13-14-4-3-11-22-12-14)25-18(26)10-9-17(24-25)15-5-7-16(21)8-6-15/h3-12H,13H2,1-2H3,(H,23,27). The normalized spacial score (nSPS) is 11.2. The first-order chi connectivity index (χ1) is 12.9. The van der Waals surface area contributed by atoms with Crippen LogP contribution < -0.4 is 10.9 Å². The number of halogens is 1. The average Bonchev–Trinajstić information content (AvgIpc) is 2.68. The maximum Gasteiger partial charge on any atom is 0.267 e. The smallest absolute Gasteiger partial charge is 0.267 e. The van der Waals surface area contributed by atoms with Crippen molar-refractivity contribution in [2.24, 2.45) is 0 Å². The molecule has 0 saturated carbocycles. The van der Waals surface area contributed by atoms with E-state index in [9.17, 15) is 14.0 Å². The zero-order valence-electron chi connectivity index (χ0n) is 15.0. The number of carbonyl (C=O) groups is 1. The molecule has 0 unspecified atom stereocenters. The zero-order chi connectivity index (χ0) is 19.4. The highest BCUT2D eigenvalue weighted by Crippen LogP contribution is 2.18. The molecule has 1 N–H and O–H groups in total. The maximum absolute atomic E-state index is 13.1. The van der Waals surface area contributed by atoms with Crippen molar-refractivity contribution < 1.29 is 9.18 Å². The Morgan fingerprint density at radius 2 is 1.89 bits per heavy atom. The minimum Gasteiger partial charge on any atom is -0.350 e. The number of carbonyl (C=O) groups excluding carboxylic acids is 1. The molecule has 0 fully saturated rings. The van der Waals surface area contributed by atoms with E-state index in [-0.39, 0.29) is 11.7 Å². The topological polar surface area (TPSA) is 76.9 Å². The number of benzene rings is 1. The summed E-state index contributed by atoms with van der Waals surface area (Å²) in [6, 6.07) is 12.3. The average molecular weight is 366 g/mol. The molecule has 2 aromatic heterocycles. The molecule has 138 valence electrons. The molecule has 0 spiro atoms. The first-order valence-corrected chi connectivity index (χ1v) is 8.42. The number of aromatic nitrogens is 3. The van der Waals surface area contributed by atoms with E-state index >= 15 is 0 Å². The molecule has 2 heterocycles. The number of rotatable bonds is 5. The van der Waals surface area contributed by atoms with E-state index in [1.807, 2.05) is 6.07 Å². The fourth-order valence-corrected chi connectivity index (χ4v) is 2.58. The maximum atomic E-state index is 13.1. The molecule has 0 radical (unpaired) electrons. The van der Waals surface area contributed by atoms with Crippen molar-refractivity contribution in [3.05, 3.63) is 82.7 Å². The Bertz CT molecular complexity index is 998. The zero-order valence-corrected chi connectivity index (χ0v) is 15.0. The highest BCUT2D eigenvalue weighted by atomic mass is 19.1. The molecule has 3 aromatic rings. The van der Waals surface area contributed by atoms with Crippen molar-refractivity contribution in [3.8, 4) is 11.3 Å². The Morgan fingerprint density at radius 3 is 2.56 bits per heavy atom. The van der Waals surface area contributed by atoms with Crippen molar-refractivity contribution in [1.82, 2.24) is 20.1 Å². The number of pyridine rings is 1. The summed E-state index contributed by atoms with van der Waals surface area (Å²) < 4.78 is 14.3. The third-order valence-electron chi connectivity index (χ3n) is 4.20. The number of nitrogens with zero attached hydrogens (tertiary/aromatic N) is 3. The SMILES string of the molecule is CC(C)(C(=O)NCc1cccnc1)n1nc(-c2ccc(F)cc2)ccc1=O. The fourth-order valence-electron chi connectivity index (χ4n) is 2.58. The van der Waals surface area contributed by atoms with Crippen LogP contribution in [-0.4, -0.2) is 20.7 Å². The largest absolute Gasteiger partial charge is 0.350 e. The van der Waals surface area contributed by atoms with E-state index < -0.39 is 11.1 Å². The lowest BCUT2D eigenvalue weighted by Gasteiger charge is -2.25. The summed E-state index contributed by atoms with van der Waals surface area (Å²) in [7, 11) is 0. The van der Waals surface area contributed by atoms with Gasteiger partial charge in [0, 0.05) is 30.6 Å². The predicted octanol–water partition coefficient (Wildman–Crippen LogP) is 2.50.